The lowest BCUT2D eigenvalue weighted by Crippen LogP contribution is -2.38. The van der Waals surface area contributed by atoms with Gasteiger partial charge in [-0.05, 0) is 34.8 Å². The summed E-state index contributed by atoms with van der Waals surface area (Å²) in [6.45, 7) is 5.91. The minimum absolute atomic E-state index is 0.465. The highest BCUT2D eigenvalue weighted by Crippen LogP contribution is 2.28. The number of hydrogen-bond donors (Lipinski definition) is 1. The van der Waals surface area contributed by atoms with Gasteiger partial charge in [-0.25, -0.2) is 4.98 Å². The number of hydrogen-bond acceptors (Lipinski definition) is 4. The Morgan fingerprint density at radius 1 is 1.44 bits per heavy atom. The molecule has 2 N–H and O–H groups in total. The van der Waals surface area contributed by atoms with Crippen molar-refractivity contribution >= 4 is 27.4 Å². The van der Waals surface area contributed by atoms with E-state index < -0.39 is 0 Å². The first-order chi connectivity index (χ1) is 8.63. The van der Waals surface area contributed by atoms with E-state index in [1.807, 2.05) is 6.07 Å². The van der Waals surface area contributed by atoms with Crippen molar-refractivity contribution in [2.24, 2.45) is 0 Å². The first-order valence-corrected chi connectivity index (χ1v) is 7.09. The van der Waals surface area contributed by atoms with Gasteiger partial charge < -0.3 is 15.4 Å². The van der Waals surface area contributed by atoms with Gasteiger partial charge in [-0.1, -0.05) is 13.8 Å². The third-order valence-electron chi connectivity index (χ3n) is 3.03. The number of pyridine rings is 1. The molecule has 0 aliphatic rings. The Morgan fingerprint density at radius 3 is 2.61 bits per heavy atom. The van der Waals surface area contributed by atoms with Crippen LogP contribution in [0, 0.1) is 0 Å². The molecule has 5 heteroatoms. The Kier molecular flexibility index (Phi) is 6.43. The van der Waals surface area contributed by atoms with Crippen molar-refractivity contribution in [2.75, 3.05) is 30.9 Å². The SMILES string of the molecule is CCC(CC)N(CCOC)c1ncc(N)cc1Br. The highest BCUT2D eigenvalue weighted by atomic mass is 79.9. The maximum Gasteiger partial charge on any atom is 0.143 e. The van der Waals surface area contributed by atoms with Crippen molar-refractivity contribution in [3.8, 4) is 0 Å². The maximum atomic E-state index is 5.73. The topological polar surface area (TPSA) is 51.4 Å². The second-order valence-electron chi connectivity index (χ2n) is 4.23. The van der Waals surface area contributed by atoms with E-state index >= 15 is 0 Å². The molecule has 0 amide bonds. The van der Waals surface area contributed by atoms with E-state index in [9.17, 15) is 0 Å². The average Bonchev–Trinajstić information content (AvgIpc) is 2.35. The van der Waals surface area contributed by atoms with Crippen molar-refractivity contribution in [1.82, 2.24) is 4.98 Å². The molecule has 18 heavy (non-hydrogen) atoms. The van der Waals surface area contributed by atoms with Crippen molar-refractivity contribution in [3.63, 3.8) is 0 Å². The smallest absolute Gasteiger partial charge is 0.143 e. The number of nitrogen functional groups attached to an aromatic ring is 1. The van der Waals surface area contributed by atoms with Crippen LogP contribution in [0.4, 0.5) is 11.5 Å². The van der Waals surface area contributed by atoms with Gasteiger partial charge in [0, 0.05) is 19.7 Å². The molecule has 0 saturated carbocycles. The van der Waals surface area contributed by atoms with Gasteiger partial charge in [0.15, 0.2) is 0 Å². The first kappa shape index (κ1) is 15.2. The molecule has 0 fully saturated rings. The molecule has 1 aromatic rings. The quantitative estimate of drug-likeness (QED) is 0.840. The Bertz CT molecular complexity index is 369. The van der Waals surface area contributed by atoms with Crippen molar-refractivity contribution in [3.05, 3.63) is 16.7 Å². The summed E-state index contributed by atoms with van der Waals surface area (Å²) in [5.41, 5.74) is 6.40. The van der Waals surface area contributed by atoms with Crippen molar-refractivity contribution < 1.29 is 4.74 Å². The average molecular weight is 316 g/mol. The summed E-state index contributed by atoms with van der Waals surface area (Å²) in [4.78, 5) is 6.73. The van der Waals surface area contributed by atoms with Crippen LogP contribution in [0.15, 0.2) is 16.7 Å². The normalized spacial score (nSPS) is 10.9. The van der Waals surface area contributed by atoms with Crippen LogP contribution < -0.4 is 10.6 Å². The van der Waals surface area contributed by atoms with Gasteiger partial charge in [-0.15, -0.1) is 0 Å². The Hall–Kier alpha value is -0.810. The molecule has 1 aromatic heterocycles. The second-order valence-corrected chi connectivity index (χ2v) is 5.08. The van der Waals surface area contributed by atoms with Crippen LogP contribution in [-0.2, 0) is 4.74 Å². The van der Waals surface area contributed by atoms with Gasteiger partial charge in [0.05, 0.1) is 23.0 Å². The molecule has 0 aromatic carbocycles. The summed E-state index contributed by atoms with van der Waals surface area (Å²) in [5.74, 6) is 0.940. The van der Waals surface area contributed by atoms with E-state index in [0.29, 0.717) is 18.3 Å². The Balaban J connectivity index is 3.00. The molecule has 0 aliphatic heterocycles. The van der Waals surface area contributed by atoms with E-state index in [-0.39, 0.29) is 0 Å². The fraction of sp³-hybridized carbons (Fsp3) is 0.615. The first-order valence-electron chi connectivity index (χ1n) is 6.30. The lowest BCUT2D eigenvalue weighted by molar-refractivity contribution is 0.202. The highest BCUT2D eigenvalue weighted by Gasteiger charge is 2.19. The zero-order chi connectivity index (χ0) is 13.5. The van der Waals surface area contributed by atoms with E-state index in [1.165, 1.54) is 0 Å². The third kappa shape index (κ3) is 3.85. The molecule has 0 aliphatic carbocycles. The predicted molar refractivity (Wildman–Crippen MR) is 79.9 cm³/mol. The molecular formula is C13H22BrN3O. The van der Waals surface area contributed by atoms with Crippen LogP contribution >= 0.6 is 15.9 Å². The molecular weight excluding hydrogens is 294 g/mol. The van der Waals surface area contributed by atoms with Crippen LogP contribution in [0.1, 0.15) is 26.7 Å². The molecule has 0 saturated heterocycles. The molecule has 0 spiro atoms. The standard InChI is InChI=1S/C13H22BrN3O/c1-4-11(5-2)17(6-7-18-3)13-12(14)8-10(15)9-16-13/h8-9,11H,4-7,15H2,1-3H3. The molecule has 1 heterocycles. The van der Waals surface area contributed by atoms with Gasteiger partial charge in [-0.3, -0.25) is 0 Å². The number of methoxy groups -OCH3 is 1. The number of anilines is 2. The van der Waals surface area contributed by atoms with Gasteiger partial charge in [0.2, 0.25) is 0 Å². The molecule has 0 atom stereocenters. The molecule has 0 bridgehead atoms. The van der Waals surface area contributed by atoms with Gasteiger partial charge in [-0.2, -0.15) is 0 Å². The molecule has 0 radical (unpaired) electrons. The fourth-order valence-corrected chi connectivity index (χ4v) is 2.63. The number of rotatable bonds is 7. The maximum absolute atomic E-state index is 5.73. The minimum Gasteiger partial charge on any atom is -0.397 e. The summed E-state index contributed by atoms with van der Waals surface area (Å²) in [6, 6.07) is 2.36. The number of aromatic nitrogens is 1. The van der Waals surface area contributed by atoms with Gasteiger partial charge in [0.1, 0.15) is 5.82 Å². The lowest BCUT2D eigenvalue weighted by atomic mass is 10.1. The number of nitrogens with two attached hydrogens (primary N) is 1. The fourth-order valence-electron chi connectivity index (χ4n) is 2.04. The molecule has 0 unspecified atom stereocenters. The summed E-state index contributed by atoms with van der Waals surface area (Å²) >= 11 is 3.54. The summed E-state index contributed by atoms with van der Waals surface area (Å²) < 4.78 is 6.12. The van der Waals surface area contributed by atoms with E-state index in [1.54, 1.807) is 13.3 Å². The van der Waals surface area contributed by atoms with Crippen LogP contribution in [0.3, 0.4) is 0 Å². The molecule has 102 valence electrons. The molecule has 1 rings (SSSR count). The monoisotopic (exact) mass is 315 g/mol. The molecule has 4 nitrogen and oxygen atoms in total. The van der Waals surface area contributed by atoms with E-state index in [0.717, 1.165) is 29.7 Å². The van der Waals surface area contributed by atoms with E-state index in [4.69, 9.17) is 10.5 Å². The summed E-state index contributed by atoms with van der Waals surface area (Å²) in [5, 5.41) is 0. The van der Waals surface area contributed by atoms with Crippen LogP contribution in [-0.4, -0.2) is 31.3 Å². The summed E-state index contributed by atoms with van der Waals surface area (Å²) in [7, 11) is 1.72. The van der Waals surface area contributed by atoms with Gasteiger partial charge >= 0.3 is 0 Å². The number of ether oxygens (including phenoxy) is 1. The van der Waals surface area contributed by atoms with Crippen LogP contribution in [0.5, 0.6) is 0 Å². The van der Waals surface area contributed by atoms with Crippen molar-refractivity contribution in [2.45, 2.75) is 32.7 Å². The van der Waals surface area contributed by atoms with Crippen molar-refractivity contribution in [1.29, 1.82) is 0 Å². The second kappa shape index (κ2) is 7.59. The summed E-state index contributed by atoms with van der Waals surface area (Å²) in [6.07, 6.45) is 3.86. The van der Waals surface area contributed by atoms with E-state index in [2.05, 4.69) is 39.7 Å². The number of nitrogens with zero attached hydrogens (tertiary/aromatic N) is 2. The zero-order valence-corrected chi connectivity index (χ0v) is 12.9. The minimum atomic E-state index is 0.465. The Morgan fingerprint density at radius 2 is 2.11 bits per heavy atom. The Labute approximate surface area is 118 Å². The zero-order valence-electron chi connectivity index (χ0n) is 11.3. The predicted octanol–water partition coefficient (Wildman–Crippen LogP) is 3.07. The third-order valence-corrected chi connectivity index (χ3v) is 3.62. The largest absolute Gasteiger partial charge is 0.397 e. The van der Waals surface area contributed by atoms with Crippen LogP contribution in [0.25, 0.3) is 0 Å². The highest BCUT2D eigenvalue weighted by molar-refractivity contribution is 9.10. The number of halogens is 1. The lowest BCUT2D eigenvalue weighted by Gasteiger charge is -2.32. The van der Waals surface area contributed by atoms with Gasteiger partial charge in [0.25, 0.3) is 0 Å². The van der Waals surface area contributed by atoms with Crippen LogP contribution in [0.2, 0.25) is 0 Å².